The number of alkyl halides is 3. The van der Waals surface area contributed by atoms with Gasteiger partial charge in [0.2, 0.25) is 0 Å². The van der Waals surface area contributed by atoms with Crippen LogP contribution < -0.4 is 15.1 Å². The lowest BCUT2D eigenvalue weighted by atomic mass is 10.1. The van der Waals surface area contributed by atoms with E-state index < -0.39 is 11.7 Å². The van der Waals surface area contributed by atoms with Gasteiger partial charge in [-0.3, -0.25) is 4.79 Å². The van der Waals surface area contributed by atoms with Crippen LogP contribution in [0.5, 0.6) is 0 Å². The van der Waals surface area contributed by atoms with Crippen LogP contribution in [-0.4, -0.2) is 48.6 Å². The molecule has 0 aliphatic carbocycles. The Balaban J connectivity index is 1.34. The standard InChI is InChI=1S/C27H29ClF3N5OS/c1-18(2)16-32-25(37)20-8-6-19(7-9-20)17-38-26-33-23(28)15-24(34-26)36-12-10-35(11-13-36)22-5-3-4-21(14-22)27(29,30)31/h3-9,14-15,18H,10-13,16-17H2,1-2H3,(H,32,37). The van der Waals surface area contributed by atoms with Crippen LogP contribution in [0.15, 0.2) is 59.8 Å². The molecule has 4 rings (SSSR count). The molecule has 0 radical (unpaired) electrons. The van der Waals surface area contributed by atoms with Gasteiger partial charge in [-0.25, -0.2) is 9.97 Å². The first-order valence-electron chi connectivity index (χ1n) is 12.3. The van der Waals surface area contributed by atoms with Gasteiger partial charge in [0.1, 0.15) is 11.0 Å². The maximum Gasteiger partial charge on any atom is 0.416 e. The summed E-state index contributed by atoms with van der Waals surface area (Å²) in [6.07, 6.45) is -4.37. The number of piperazine rings is 1. The average Bonchev–Trinajstić information content (AvgIpc) is 2.90. The summed E-state index contributed by atoms with van der Waals surface area (Å²) in [6.45, 7) is 7.02. The van der Waals surface area contributed by atoms with E-state index in [1.165, 1.54) is 23.9 Å². The van der Waals surface area contributed by atoms with Crippen molar-refractivity contribution in [2.24, 2.45) is 5.92 Å². The van der Waals surface area contributed by atoms with Gasteiger partial charge < -0.3 is 15.1 Å². The van der Waals surface area contributed by atoms with Gasteiger partial charge in [-0.15, -0.1) is 0 Å². The monoisotopic (exact) mass is 563 g/mol. The fraction of sp³-hybridized carbons (Fsp3) is 0.370. The lowest BCUT2D eigenvalue weighted by Gasteiger charge is -2.37. The molecule has 1 aromatic heterocycles. The largest absolute Gasteiger partial charge is 0.416 e. The number of hydrogen-bond acceptors (Lipinski definition) is 6. The zero-order valence-corrected chi connectivity index (χ0v) is 22.7. The first-order valence-corrected chi connectivity index (χ1v) is 13.7. The second-order valence-electron chi connectivity index (χ2n) is 9.44. The molecule has 38 heavy (non-hydrogen) atoms. The Labute approximate surface area is 229 Å². The molecule has 1 fully saturated rings. The number of rotatable bonds is 8. The SMILES string of the molecule is CC(C)CNC(=O)c1ccc(CSc2nc(Cl)cc(N3CCN(c4cccc(C(F)(F)F)c4)CC3)n2)cc1. The van der Waals surface area contributed by atoms with E-state index in [9.17, 15) is 18.0 Å². The van der Waals surface area contributed by atoms with Crippen molar-refractivity contribution in [2.75, 3.05) is 42.5 Å². The fourth-order valence-corrected chi connectivity index (χ4v) is 5.02. The quantitative estimate of drug-likeness (QED) is 0.201. The fourth-order valence-electron chi connectivity index (χ4n) is 3.98. The van der Waals surface area contributed by atoms with Gasteiger partial charge >= 0.3 is 6.18 Å². The molecule has 1 aliphatic rings. The molecule has 0 saturated carbocycles. The molecule has 1 aliphatic heterocycles. The summed E-state index contributed by atoms with van der Waals surface area (Å²) in [4.78, 5) is 25.2. The summed E-state index contributed by atoms with van der Waals surface area (Å²) in [5.74, 6) is 1.59. The van der Waals surface area contributed by atoms with Crippen molar-refractivity contribution in [1.82, 2.24) is 15.3 Å². The molecule has 1 N–H and O–H groups in total. The van der Waals surface area contributed by atoms with Crippen LogP contribution in [0, 0.1) is 5.92 Å². The van der Waals surface area contributed by atoms with Gasteiger partial charge in [0.15, 0.2) is 5.16 Å². The number of thioether (sulfide) groups is 1. The Morgan fingerprint density at radius 1 is 1.03 bits per heavy atom. The number of carbonyl (C=O) groups excluding carboxylic acids is 1. The van der Waals surface area contributed by atoms with Crippen LogP contribution >= 0.6 is 23.4 Å². The number of carbonyl (C=O) groups is 1. The summed E-state index contributed by atoms with van der Waals surface area (Å²) in [7, 11) is 0. The minimum absolute atomic E-state index is 0.0890. The molecule has 3 aromatic rings. The molecule has 11 heteroatoms. The first kappa shape index (κ1) is 28.0. The van der Waals surface area contributed by atoms with Crippen molar-refractivity contribution >= 4 is 40.8 Å². The number of anilines is 2. The molecule has 1 amide bonds. The van der Waals surface area contributed by atoms with E-state index in [0.29, 0.717) is 71.8 Å². The Kier molecular flexibility index (Phi) is 9.04. The molecule has 202 valence electrons. The molecule has 6 nitrogen and oxygen atoms in total. The molecular weight excluding hydrogens is 535 g/mol. The number of aromatic nitrogens is 2. The molecule has 2 heterocycles. The second kappa shape index (κ2) is 12.3. The number of amides is 1. The van der Waals surface area contributed by atoms with Gasteiger partial charge in [-0.2, -0.15) is 13.2 Å². The first-order chi connectivity index (χ1) is 18.1. The molecular formula is C27H29ClF3N5OS. The van der Waals surface area contributed by atoms with E-state index in [-0.39, 0.29) is 5.91 Å². The van der Waals surface area contributed by atoms with E-state index in [2.05, 4.69) is 20.2 Å². The van der Waals surface area contributed by atoms with E-state index in [1.54, 1.807) is 24.3 Å². The third kappa shape index (κ3) is 7.54. The zero-order valence-electron chi connectivity index (χ0n) is 21.1. The minimum atomic E-state index is -4.37. The number of halogens is 4. The van der Waals surface area contributed by atoms with Crippen molar-refractivity contribution in [3.05, 3.63) is 76.4 Å². The lowest BCUT2D eigenvalue weighted by Crippen LogP contribution is -2.47. The van der Waals surface area contributed by atoms with E-state index in [1.807, 2.05) is 30.9 Å². The molecule has 2 aromatic carbocycles. The van der Waals surface area contributed by atoms with Gasteiger partial charge in [0.25, 0.3) is 5.91 Å². The van der Waals surface area contributed by atoms with Crippen molar-refractivity contribution in [3.63, 3.8) is 0 Å². The van der Waals surface area contributed by atoms with Crippen LogP contribution in [0.1, 0.15) is 35.3 Å². The topological polar surface area (TPSA) is 61.4 Å². The predicted molar refractivity (Wildman–Crippen MR) is 146 cm³/mol. The maximum absolute atomic E-state index is 13.1. The molecule has 0 bridgehead atoms. The Hall–Kier alpha value is -2.98. The van der Waals surface area contributed by atoms with E-state index in [0.717, 1.165) is 11.6 Å². The second-order valence-corrected chi connectivity index (χ2v) is 10.8. The maximum atomic E-state index is 13.1. The number of benzene rings is 2. The number of nitrogens with zero attached hydrogens (tertiary/aromatic N) is 4. The summed E-state index contributed by atoms with van der Waals surface area (Å²) in [6, 6.07) is 14.6. The van der Waals surface area contributed by atoms with Crippen LogP contribution in [0.3, 0.4) is 0 Å². The van der Waals surface area contributed by atoms with Gasteiger partial charge in [0.05, 0.1) is 5.56 Å². The Morgan fingerprint density at radius 3 is 2.37 bits per heavy atom. The van der Waals surface area contributed by atoms with Crippen LogP contribution in [0.25, 0.3) is 0 Å². The van der Waals surface area contributed by atoms with Crippen LogP contribution in [-0.2, 0) is 11.9 Å². The molecule has 1 saturated heterocycles. The predicted octanol–water partition coefficient (Wildman–Crippen LogP) is 6.15. The molecule has 0 atom stereocenters. The molecule has 0 spiro atoms. The summed E-state index contributed by atoms with van der Waals surface area (Å²) >= 11 is 7.74. The highest BCUT2D eigenvalue weighted by Gasteiger charge is 2.31. The Morgan fingerprint density at radius 2 is 1.71 bits per heavy atom. The van der Waals surface area contributed by atoms with Crippen molar-refractivity contribution < 1.29 is 18.0 Å². The van der Waals surface area contributed by atoms with Gasteiger partial charge in [0, 0.05) is 55.8 Å². The van der Waals surface area contributed by atoms with Crippen LogP contribution in [0.4, 0.5) is 24.7 Å². The minimum Gasteiger partial charge on any atom is -0.368 e. The number of nitrogens with one attached hydrogen (secondary N) is 1. The third-order valence-electron chi connectivity index (χ3n) is 6.06. The lowest BCUT2D eigenvalue weighted by molar-refractivity contribution is -0.137. The van der Waals surface area contributed by atoms with Gasteiger partial charge in [-0.05, 0) is 41.8 Å². The smallest absolute Gasteiger partial charge is 0.368 e. The number of hydrogen-bond donors (Lipinski definition) is 1. The summed E-state index contributed by atoms with van der Waals surface area (Å²) < 4.78 is 39.3. The van der Waals surface area contributed by atoms with Gasteiger partial charge in [-0.1, -0.05) is 55.4 Å². The zero-order chi connectivity index (χ0) is 27.3. The summed E-state index contributed by atoms with van der Waals surface area (Å²) in [5, 5.41) is 3.77. The highest BCUT2D eigenvalue weighted by molar-refractivity contribution is 7.98. The third-order valence-corrected chi connectivity index (χ3v) is 7.17. The van der Waals surface area contributed by atoms with Crippen molar-refractivity contribution in [2.45, 2.75) is 30.9 Å². The van der Waals surface area contributed by atoms with Crippen LogP contribution in [0.2, 0.25) is 5.15 Å². The van der Waals surface area contributed by atoms with Crippen molar-refractivity contribution in [1.29, 1.82) is 0 Å². The molecule has 0 unspecified atom stereocenters. The summed E-state index contributed by atoms with van der Waals surface area (Å²) in [5.41, 5.74) is 1.55. The highest BCUT2D eigenvalue weighted by atomic mass is 35.5. The van der Waals surface area contributed by atoms with E-state index in [4.69, 9.17) is 11.6 Å². The van der Waals surface area contributed by atoms with Crippen molar-refractivity contribution in [3.8, 4) is 0 Å². The highest BCUT2D eigenvalue weighted by Crippen LogP contribution is 2.32. The Bertz CT molecular complexity index is 1250. The van der Waals surface area contributed by atoms with E-state index >= 15 is 0 Å². The average molecular weight is 564 g/mol. The normalized spacial score (nSPS) is 14.2.